The fourth-order valence-corrected chi connectivity index (χ4v) is 2.39. The Morgan fingerprint density at radius 2 is 2.12 bits per heavy atom. The SMILES string of the molecule is COc1ccc(C)cc1C1(O)CCCOCC1. The third-order valence-electron chi connectivity index (χ3n) is 3.40. The number of rotatable bonds is 2. The molecule has 17 heavy (non-hydrogen) atoms. The topological polar surface area (TPSA) is 38.7 Å². The summed E-state index contributed by atoms with van der Waals surface area (Å²) in [6.07, 6.45) is 2.24. The summed E-state index contributed by atoms with van der Waals surface area (Å²) in [5, 5.41) is 10.8. The molecular weight excluding hydrogens is 216 g/mol. The first kappa shape index (κ1) is 12.4. The van der Waals surface area contributed by atoms with Crippen LogP contribution in [0.5, 0.6) is 5.75 Å². The first-order valence-corrected chi connectivity index (χ1v) is 6.11. The second kappa shape index (κ2) is 5.07. The second-order valence-electron chi connectivity index (χ2n) is 4.70. The lowest BCUT2D eigenvalue weighted by Crippen LogP contribution is -2.26. The molecule has 0 saturated carbocycles. The van der Waals surface area contributed by atoms with Crippen LogP contribution in [-0.4, -0.2) is 25.4 Å². The molecule has 0 spiro atoms. The zero-order valence-electron chi connectivity index (χ0n) is 10.5. The van der Waals surface area contributed by atoms with Crippen molar-refractivity contribution in [2.24, 2.45) is 0 Å². The van der Waals surface area contributed by atoms with Crippen LogP contribution in [0.1, 0.15) is 30.4 Å². The molecule has 1 saturated heterocycles. The van der Waals surface area contributed by atoms with E-state index in [1.165, 1.54) is 0 Å². The minimum atomic E-state index is -0.812. The summed E-state index contributed by atoms with van der Waals surface area (Å²) in [5.41, 5.74) is 1.22. The highest BCUT2D eigenvalue weighted by atomic mass is 16.5. The van der Waals surface area contributed by atoms with Crippen LogP contribution in [-0.2, 0) is 10.3 Å². The molecule has 1 fully saturated rings. The molecule has 2 rings (SSSR count). The monoisotopic (exact) mass is 236 g/mol. The van der Waals surface area contributed by atoms with Crippen LogP contribution in [0.15, 0.2) is 18.2 Å². The van der Waals surface area contributed by atoms with E-state index >= 15 is 0 Å². The van der Waals surface area contributed by atoms with Crippen LogP contribution in [0.3, 0.4) is 0 Å². The highest BCUT2D eigenvalue weighted by Gasteiger charge is 2.33. The molecule has 0 bridgehead atoms. The van der Waals surface area contributed by atoms with Gasteiger partial charge in [-0.05, 0) is 31.9 Å². The van der Waals surface area contributed by atoms with E-state index in [0.29, 0.717) is 13.0 Å². The van der Waals surface area contributed by atoms with Gasteiger partial charge < -0.3 is 14.6 Å². The molecule has 0 aliphatic carbocycles. The number of methoxy groups -OCH3 is 1. The smallest absolute Gasteiger partial charge is 0.124 e. The molecule has 3 heteroatoms. The predicted octanol–water partition coefficient (Wildman–Crippen LogP) is 2.39. The summed E-state index contributed by atoms with van der Waals surface area (Å²) >= 11 is 0. The lowest BCUT2D eigenvalue weighted by atomic mass is 9.85. The Kier molecular flexibility index (Phi) is 3.69. The molecular formula is C14H20O3. The first-order chi connectivity index (χ1) is 8.15. The van der Waals surface area contributed by atoms with Crippen molar-refractivity contribution in [3.8, 4) is 5.75 Å². The maximum absolute atomic E-state index is 10.8. The van der Waals surface area contributed by atoms with E-state index in [1.54, 1.807) is 7.11 Å². The van der Waals surface area contributed by atoms with E-state index in [-0.39, 0.29) is 0 Å². The summed E-state index contributed by atoms with van der Waals surface area (Å²) in [5.74, 6) is 0.764. The van der Waals surface area contributed by atoms with Gasteiger partial charge in [0, 0.05) is 25.2 Å². The summed E-state index contributed by atoms with van der Waals surface area (Å²) in [6, 6.07) is 5.94. The molecule has 3 nitrogen and oxygen atoms in total. The van der Waals surface area contributed by atoms with Gasteiger partial charge in [-0.1, -0.05) is 11.6 Å². The summed E-state index contributed by atoms with van der Waals surface area (Å²) in [4.78, 5) is 0. The normalized spacial score (nSPS) is 25.4. The van der Waals surface area contributed by atoms with Gasteiger partial charge in [0.05, 0.1) is 12.7 Å². The molecule has 0 aromatic heterocycles. The van der Waals surface area contributed by atoms with Crippen molar-refractivity contribution in [1.29, 1.82) is 0 Å². The third-order valence-corrected chi connectivity index (χ3v) is 3.40. The number of benzene rings is 1. The standard InChI is InChI=1S/C14H20O3/c1-11-4-5-13(16-2)12(10-11)14(15)6-3-8-17-9-7-14/h4-5,10,15H,3,6-9H2,1-2H3. The van der Waals surface area contributed by atoms with Gasteiger partial charge in [-0.25, -0.2) is 0 Å². The number of hydrogen-bond donors (Lipinski definition) is 1. The second-order valence-corrected chi connectivity index (χ2v) is 4.70. The fourth-order valence-electron chi connectivity index (χ4n) is 2.39. The molecule has 1 aliphatic rings. The summed E-state index contributed by atoms with van der Waals surface area (Å²) < 4.78 is 10.8. The molecule has 0 amide bonds. The van der Waals surface area contributed by atoms with E-state index < -0.39 is 5.60 Å². The van der Waals surface area contributed by atoms with Crippen molar-refractivity contribution in [3.05, 3.63) is 29.3 Å². The largest absolute Gasteiger partial charge is 0.496 e. The predicted molar refractivity (Wildman–Crippen MR) is 66.3 cm³/mol. The Bertz CT molecular complexity index is 379. The zero-order valence-corrected chi connectivity index (χ0v) is 10.5. The van der Waals surface area contributed by atoms with Gasteiger partial charge in [0.25, 0.3) is 0 Å². The van der Waals surface area contributed by atoms with Gasteiger partial charge in [0.1, 0.15) is 5.75 Å². The third kappa shape index (κ3) is 2.61. The molecule has 94 valence electrons. The van der Waals surface area contributed by atoms with E-state index in [0.717, 1.165) is 36.3 Å². The number of aliphatic hydroxyl groups is 1. The number of aryl methyl sites for hydroxylation is 1. The minimum Gasteiger partial charge on any atom is -0.496 e. The molecule has 1 atom stereocenters. The zero-order chi connectivity index (χ0) is 12.3. The highest BCUT2D eigenvalue weighted by molar-refractivity contribution is 5.41. The Hall–Kier alpha value is -1.06. The van der Waals surface area contributed by atoms with Gasteiger partial charge in [-0.3, -0.25) is 0 Å². The van der Waals surface area contributed by atoms with E-state index in [2.05, 4.69) is 0 Å². The van der Waals surface area contributed by atoms with Crippen molar-refractivity contribution in [2.75, 3.05) is 20.3 Å². The Morgan fingerprint density at radius 3 is 2.88 bits per heavy atom. The van der Waals surface area contributed by atoms with Crippen LogP contribution in [0.4, 0.5) is 0 Å². The number of hydrogen-bond acceptors (Lipinski definition) is 3. The van der Waals surface area contributed by atoms with E-state index in [4.69, 9.17) is 9.47 Å². The molecule has 1 N–H and O–H groups in total. The maximum atomic E-state index is 10.8. The van der Waals surface area contributed by atoms with Crippen LogP contribution in [0, 0.1) is 6.92 Å². The lowest BCUT2D eigenvalue weighted by molar-refractivity contribution is 0.0123. The fraction of sp³-hybridized carbons (Fsp3) is 0.571. The van der Waals surface area contributed by atoms with E-state index in [1.807, 2.05) is 25.1 Å². The molecule has 1 unspecified atom stereocenters. The molecule has 1 aromatic rings. The first-order valence-electron chi connectivity index (χ1n) is 6.11. The Balaban J connectivity index is 2.38. The van der Waals surface area contributed by atoms with Gasteiger partial charge in [-0.2, -0.15) is 0 Å². The van der Waals surface area contributed by atoms with Gasteiger partial charge in [0.2, 0.25) is 0 Å². The van der Waals surface area contributed by atoms with Crippen molar-refractivity contribution < 1.29 is 14.6 Å². The average Bonchev–Trinajstić information content (AvgIpc) is 2.55. The molecule has 1 aromatic carbocycles. The van der Waals surface area contributed by atoms with Gasteiger partial charge in [-0.15, -0.1) is 0 Å². The summed E-state index contributed by atoms with van der Waals surface area (Å²) in [7, 11) is 1.64. The van der Waals surface area contributed by atoms with Crippen molar-refractivity contribution >= 4 is 0 Å². The van der Waals surface area contributed by atoms with Gasteiger partial charge >= 0.3 is 0 Å². The maximum Gasteiger partial charge on any atom is 0.124 e. The van der Waals surface area contributed by atoms with E-state index in [9.17, 15) is 5.11 Å². The van der Waals surface area contributed by atoms with Crippen molar-refractivity contribution in [3.63, 3.8) is 0 Å². The number of ether oxygens (including phenoxy) is 2. The van der Waals surface area contributed by atoms with Crippen molar-refractivity contribution in [1.82, 2.24) is 0 Å². The highest BCUT2D eigenvalue weighted by Crippen LogP contribution is 2.38. The van der Waals surface area contributed by atoms with Crippen LogP contribution in [0.25, 0.3) is 0 Å². The summed E-state index contributed by atoms with van der Waals surface area (Å²) in [6.45, 7) is 3.36. The molecule has 0 radical (unpaired) electrons. The quantitative estimate of drug-likeness (QED) is 0.857. The molecule has 1 aliphatic heterocycles. The van der Waals surface area contributed by atoms with Crippen LogP contribution >= 0.6 is 0 Å². The lowest BCUT2D eigenvalue weighted by Gasteiger charge is -2.28. The average molecular weight is 236 g/mol. The Labute approximate surface area is 102 Å². The molecule has 1 heterocycles. The van der Waals surface area contributed by atoms with Gasteiger partial charge in [0.15, 0.2) is 0 Å². The van der Waals surface area contributed by atoms with Crippen LogP contribution < -0.4 is 4.74 Å². The Morgan fingerprint density at radius 1 is 1.29 bits per heavy atom. The minimum absolute atomic E-state index is 0.605. The van der Waals surface area contributed by atoms with Crippen molar-refractivity contribution in [2.45, 2.75) is 31.8 Å². The van der Waals surface area contributed by atoms with Crippen LogP contribution in [0.2, 0.25) is 0 Å².